The van der Waals surface area contributed by atoms with Crippen LogP contribution >= 0.6 is 27.5 Å². The number of nitrogens with two attached hydrogens (primary N) is 1. The molecule has 0 aliphatic heterocycles. The van der Waals surface area contributed by atoms with Crippen LogP contribution in [-0.4, -0.2) is 13.2 Å². The average molecular weight is 251 g/mol. The lowest BCUT2D eigenvalue weighted by Crippen LogP contribution is -2.10. The normalized spacial score (nSPS) is 9.92. The summed E-state index contributed by atoms with van der Waals surface area (Å²) in [5.74, 6) is 0.736. The SMILES string of the molecule is NCCOc1cc(Cl)cc(Br)c1. The Morgan fingerprint density at radius 2 is 2.17 bits per heavy atom. The van der Waals surface area contributed by atoms with E-state index < -0.39 is 0 Å². The van der Waals surface area contributed by atoms with Gasteiger partial charge >= 0.3 is 0 Å². The first-order valence-electron chi connectivity index (χ1n) is 3.51. The highest BCUT2D eigenvalue weighted by atomic mass is 79.9. The van der Waals surface area contributed by atoms with Gasteiger partial charge in [-0.3, -0.25) is 0 Å². The fraction of sp³-hybridized carbons (Fsp3) is 0.250. The smallest absolute Gasteiger partial charge is 0.121 e. The maximum atomic E-state index is 5.79. The van der Waals surface area contributed by atoms with Crippen LogP contribution in [0.2, 0.25) is 5.02 Å². The van der Waals surface area contributed by atoms with E-state index in [1.807, 2.05) is 6.07 Å². The van der Waals surface area contributed by atoms with E-state index >= 15 is 0 Å². The number of hydrogen-bond acceptors (Lipinski definition) is 2. The summed E-state index contributed by atoms with van der Waals surface area (Å²) in [5.41, 5.74) is 5.28. The highest BCUT2D eigenvalue weighted by Gasteiger charge is 1.97. The third-order valence-electron chi connectivity index (χ3n) is 1.22. The third kappa shape index (κ3) is 3.01. The molecule has 0 saturated heterocycles. The molecular formula is C8H9BrClNO. The maximum Gasteiger partial charge on any atom is 0.121 e. The highest BCUT2D eigenvalue weighted by Crippen LogP contribution is 2.24. The van der Waals surface area contributed by atoms with Gasteiger partial charge in [-0.05, 0) is 18.2 Å². The number of benzene rings is 1. The molecule has 0 aliphatic rings. The Kier molecular flexibility index (Phi) is 3.85. The summed E-state index contributed by atoms with van der Waals surface area (Å²) in [5, 5.41) is 0.649. The molecule has 0 spiro atoms. The van der Waals surface area contributed by atoms with Crippen LogP contribution in [0.5, 0.6) is 5.75 Å². The van der Waals surface area contributed by atoms with Crippen molar-refractivity contribution in [3.05, 3.63) is 27.7 Å². The van der Waals surface area contributed by atoms with Crippen molar-refractivity contribution in [1.29, 1.82) is 0 Å². The molecule has 0 unspecified atom stereocenters. The van der Waals surface area contributed by atoms with Gasteiger partial charge in [-0.15, -0.1) is 0 Å². The number of hydrogen-bond donors (Lipinski definition) is 1. The van der Waals surface area contributed by atoms with E-state index in [0.29, 0.717) is 18.2 Å². The van der Waals surface area contributed by atoms with Gasteiger partial charge in [-0.2, -0.15) is 0 Å². The zero-order chi connectivity index (χ0) is 8.97. The first-order valence-corrected chi connectivity index (χ1v) is 4.68. The van der Waals surface area contributed by atoms with Crippen molar-refractivity contribution in [2.75, 3.05) is 13.2 Å². The molecular weight excluding hydrogens is 241 g/mol. The second-order valence-corrected chi connectivity index (χ2v) is 3.59. The van der Waals surface area contributed by atoms with E-state index in [4.69, 9.17) is 22.1 Å². The highest BCUT2D eigenvalue weighted by molar-refractivity contribution is 9.10. The predicted molar refractivity (Wildman–Crippen MR) is 53.7 cm³/mol. The lowest BCUT2D eigenvalue weighted by molar-refractivity contribution is 0.328. The Bertz CT molecular complexity index is 247. The molecule has 1 aromatic rings. The molecule has 66 valence electrons. The quantitative estimate of drug-likeness (QED) is 0.894. The van der Waals surface area contributed by atoms with Gasteiger partial charge in [0.2, 0.25) is 0 Å². The van der Waals surface area contributed by atoms with Crippen LogP contribution in [0.25, 0.3) is 0 Å². The second kappa shape index (κ2) is 4.70. The molecule has 2 nitrogen and oxygen atoms in total. The minimum Gasteiger partial charge on any atom is -0.492 e. The summed E-state index contributed by atoms with van der Waals surface area (Å²) >= 11 is 9.10. The van der Waals surface area contributed by atoms with E-state index in [1.165, 1.54) is 0 Å². The Labute approximate surface area is 84.8 Å². The number of ether oxygens (including phenoxy) is 1. The van der Waals surface area contributed by atoms with Gasteiger partial charge in [-0.25, -0.2) is 0 Å². The van der Waals surface area contributed by atoms with Gasteiger partial charge in [0, 0.05) is 16.0 Å². The van der Waals surface area contributed by atoms with Crippen molar-refractivity contribution in [2.24, 2.45) is 5.73 Å². The summed E-state index contributed by atoms with van der Waals surface area (Å²) in [6, 6.07) is 5.40. The Balaban J connectivity index is 2.72. The van der Waals surface area contributed by atoms with Crippen LogP contribution in [0, 0.1) is 0 Å². The first kappa shape index (κ1) is 9.84. The van der Waals surface area contributed by atoms with Crippen molar-refractivity contribution in [2.45, 2.75) is 0 Å². The van der Waals surface area contributed by atoms with Gasteiger partial charge in [0.05, 0.1) is 0 Å². The summed E-state index contributed by atoms with van der Waals surface area (Å²) in [6.07, 6.45) is 0. The Morgan fingerprint density at radius 1 is 1.42 bits per heavy atom. The van der Waals surface area contributed by atoms with Crippen molar-refractivity contribution in [1.82, 2.24) is 0 Å². The molecule has 4 heteroatoms. The number of halogens is 2. The molecule has 1 aromatic carbocycles. The Hall–Kier alpha value is -0.250. The number of rotatable bonds is 3. The molecule has 0 heterocycles. The lowest BCUT2D eigenvalue weighted by Gasteiger charge is -2.04. The molecule has 0 aromatic heterocycles. The van der Waals surface area contributed by atoms with E-state index in [0.717, 1.165) is 10.2 Å². The van der Waals surface area contributed by atoms with Gasteiger partial charge in [0.15, 0.2) is 0 Å². The molecule has 0 fully saturated rings. The van der Waals surface area contributed by atoms with Crippen LogP contribution in [0.3, 0.4) is 0 Å². The van der Waals surface area contributed by atoms with Crippen LogP contribution in [0.4, 0.5) is 0 Å². The molecule has 1 rings (SSSR count). The minimum absolute atomic E-state index is 0.504. The first-order chi connectivity index (χ1) is 5.72. The molecule has 0 atom stereocenters. The second-order valence-electron chi connectivity index (χ2n) is 2.24. The largest absolute Gasteiger partial charge is 0.492 e. The summed E-state index contributed by atoms with van der Waals surface area (Å²) in [6.45, 7) is 1.01. The summed E-state index contributed by atoms with van der Waals surface area (Å²) in [4.78, 5) is 0. The zero-order valence-corrected chi connectivity index (χ0v) is 8.73. The molecule has 0 radical (unpaired) electrons. The maximum absolute atomic E-state index is 5.79. The van der Waals surface area contributed by atoms with Gasteiger partial charge in [0.1, 0.15) is 12.4 Å². The van der Waals surface area contributed by atoms with Gasteiger partial charge in [0.25, 0.3) is 0 Å². The molecule has 0 bridgehead atoms. The molecule has 0 aliphatic carbocycles. The van der Waals surface area contributed by atoms with Crippen LogP contribution in [-0.2, 0) is 0 Å². The van der Waals surface area contributed by atoms with E-state index in [2.05, 4.69) is 15.9 Å². The third-order valence-corrected chi connectivity index (χ3v) is 1.90. The standard InChI is InChI=1S/C8H9BrClNO/c9-6-3-7(10)5-8(4-6)12-2-1-11/h3-5H,1-2,11H2. The van der Waals surface area contributed by atoms with Crippen LogP contribution in [0.1, 0.15) is 0 Å². The molecule has 0 amide bonds. The summed E-state index contributed by atoms with van der Waals surface area (Å²) < 4.78 is 6.18. The van der Waals surface area contributed by atoms with Gasteiger partial charge in [-0.1, -0.05) is 27.5 Å². The van der Waals surface area contributed by atoms with Crippen molar-refractivity contribution >= 4 is 27.5 Å². The van der Waals surface area contributed by atoms with E-state index in [-0.39, 0.29) is 0 Å². The summed E-state index contributed by atoms with van der Waals surface area (Å²) in [7, 11) is 0. The van der Waals surface area contributed by atoms with Gasteiger partial charge < -0.3 is 10.5 Å². The monoisotopic (exact) mass is 249 g/mol. The molecule has 0 saturated carbocycles. The topological polar surface area (TPSA) is 35.2 Å². The van der Waals surface area contributed by atoms with Crippen molar-refractivity contribution in [3.8, 4) is 5.75 Å². The predicted octanol–water partition coefficient (Wildman–Crippen LogP) is 2.44. The Morgan fingerprint density at radius 3 is 2.75 bits per heavy atom. The van der Waals surface area contributed by atoms with E-state index in [9.17, 15) is 0 Å². The van der Waals surface area contributed by atoms with E-state index in [1.54, 1.807) is 12.1 Å². The van der Waals surface area contributed by atoms with Crippen LogP contribution < -0.4 is 10.5 Å². The van der Waals surface area contributed by atoms with Crippen molar-refractivity contribution < 1.29 is 4.74 Å². The molecule has 12 heavy (non-hydrogen) atoms. The minimum atomic E-state index is 0.504. The lowest BCUT2D eigenvalue weighted by atomic mass is 10.3. The van der Waals surface area contributed by atoms with Crippen molar-refractivity contribution in [3.63, 3.8) is 0 Å². The molecule has 2 N–H and O–H groups in total. The fourth-order valence-corrected chi connectivity index (χ4v) is 1.62. The zero-order valence-electron chi connectivity index (χ0n) is 6.39. The van der Waals surface area contributed by atoms with Crippen LogP contribution in [0.15, 0.2) is 22.7 Å². The fourth-order valence-electron chi connectivity index (χ4n) is 0.789. The average Bonchev–Trinajstić information content (AvgIpc) is 1.99.